The standard InChI is InChI=1S/C26H18F2N2O3/c1-30-23-10-7-16(4-3-5-17-8-11-24(33-2)29-15-17)12-19(23)25(31)20(26(30)32)13-18-6-9-21(27)22(28)14-18/h6-15H,5H2,1-2H3/b20-13-. The molecule has 5 nitrogen and oxygen atoms in total. The van der Waals surface area contributed by atoms with Gasteiger partial charge in [-0.1, -0.05) is 24.0 Å². The van der Waals surface area contributed by atoms with Crippen molar-refractivity contribution >= 4 is 23.5 Å². The molecule has 1 aromatic heterocycles. The first-order valence-electron chi connectivity index (χ1n) is 9.98. The number of Topliss-reactive ketones (excluding diaryl/α,β-unsaturated/α-hetero) is 1. The van der Waals surface area contributed by atoms with Gasteiger partial charge in [0.25, 0.3) is 5.91 Å². The van der Waals surface area contributed by atoms with E-state index in [4.69, 9.17) is 4.74 Å². The number of ketones is 1. The molecule has 7 heteroatoms. The molecular weight excluding hydrogens is 426 g/mol. The number of anilines is 1. The van der Waals surface area contributed by atoms with Crippen molar-refractivity contribution in [3.8, 4) is 17.7 Å². The van der Waals surface area contributed by atoms with Crippen molar-refractivity contribution in [2.75, 3.05) is 19.1 Å². The first kappa shape index (κ1) is 21.9. The van der Waals surface area contributed by atoms with Crippen LogP contribution in [0.2, 0.25) is 0 Å². The number of methoxy groups -OCH3 is 1. The highest BCUT2D eigenvalue weighted by molar-refractivity contribution is 6.36. The topological polar surface area (TPSA) is 59.5 Å². The lowest BCUT2D eigenvalue weighted by Crippen LogP contribution is -2.36. The maximum absolute atomic E-state index is 13.6. The van der Waals surface area contributed by atoms with E-state index in [9.17, 15) is 18.4 Å². The predicted octanol–water partition coefficient (Wildman–Crippen LogP) is 4.21. The Bertz CT molecular complexity index is 1350. The van der Waals surface area contributed by atoms with Gasteiger partial charge in [-0.15, -0.1) is 0 Å². The molecule has 164 valence electrons. The molecule has 0 bridgehead atoms. The Morgan fingerprint density at radius 3 is 2.58 bits per heavy atom. The predicted molar refractivity (Wildman–Crippen MR) is 120 cm³/mol. The number of amides is 1. The zero-order valence-corrected chi connectivity index (χ0v) is 17.9. The van der Waals surface area contributed by atoms with Gasteiger partial charge >= 0.3 is 0 Å². The van der Waals surface area contributed by atoms with Crippen LogP contribution in [0.5, 0.6) is 5.88 Å². The summed E-state index contributed by atoms with van der Waals surface area (Å²) in [6.07, 6.45) is 3.41. The number of rotatable bonds is 3. The van der Waals surface area contributed by atoms with E-state index in [1.165, 1.54) is 17.0 Å². The molecule has 2 heterocycles. The molecule has 33 heavy (non-hydrogen) atoms. The average Bonchev–Trinajstić information content (AvgIpc) is 2.83. The molecule has 0 spiro atoms. The van der Waals surface area contributed by atoms with Gasteiger partial charge < -0.3 is 9.64 Å². The van der Waals surface area contributed by atoms with Gasteiger partial charge in [0, 0.05) is 36.9 Å². The smallest absolute Gasteiger partial charge is 0.262 e. The van der Waals surface area contributed by atoms with Crippen molar-refractivity contribution in [2.24, 2.45) is 0 Å². The lowest BCUT2D eigenvalue weighted by Gasteiger charge is -2.26. The summed E-state index contributed by atoms with van der Waals surface area (Å²) in [6, 6.07) is 11.8. The highest BCUT2D eigenvalue weighted by Crippen LogP contribution is 2.31. The first-order chi connectivity index (χ1) is 15.9. The Kier molecular flexibility index (Phi) is 6.01. The van der Waals surface area contributed by atoms with Gasteiger partial charge in [0.15, 0.2) is 11.6 Å². The van der Waals surface area contributed by atoms with Gasteiger partial charge in [-0.05, 0) is 47.5 Å². The van der Waals surface area contributed by atoms with E-state index in [1.54, 1.807) is 44.6 Å². The Morgan fingerprint density at radius 2 is 1.88 bits per heavy atom. The molecule has 0 N–H and O–H groups in total. The molecule has 3 aromatic rings. The van der Waals surface area contributed by atoms with Crippen LogP contribution in [-0.4, -0.2) is 30.8 Å². The molecule has 1 aliphatic heterocycles. The number of likely N-dealkylation sites (N-methyl/N-ethyl adjacent to an activating group) is 1. The second kappa shape index (κ2) is 9.05. The zero-order chi connectivity index (χ0) is 23.5. The highest BCUT2D eigenvalue weighted by atomic mass is 19.2. The van der Waals surface area contributed by atoms with Crippen LogP contribution in [0.1, 0.15) is 27.0 Å². The largest absolute Gasteiger partial charge is 0.481 e. The van der Waals surface area contributed by atoms with Crippen LogP contribution in [0.25, 0.3) is 6.08 Å². The fourth-order valence-electron chi connectivity index (χ4n) is 3.40. The maximum atomic E-state index is 13.6. The van der Waals surface area contributed by atoms with Crippen molar-refractivity contribution < 1.29 is 23.1 Å². The van der Waals surface area contributed by atoms with Gasteiger partial charge in [-0.2, -0.15) is 0 Å². The zero-order valence-electron chi connectivity index (χ0n) is 17.9. The molecule has 0 aliphatic carbocycles. The third-order valence-electron chi connectivity index (χ3n) is 5.17. The summed E-state index contributed by atoms with van der Waals surface area (Å²) in [4.78, 5) is 31.3. The second-order valence-electron chi connectivity index (χ2n) is 7.34. The van der Waals surface area contributed by atoms with Crippen molar-refractivity contribution in [3.05, 3.63) is 94.2 Å². The number of nitrogens with zero attached hydrogens (tertiary/aromatic N) is 2. The number of fused-ring (bicyclic) bond motifs is 1. The minimum absolute atomic E-state index is 0.134. The third kappa shape index (κ3) is 4.51. The number of halogens is 2. The quantitative estimate of drug-likeness (QED) is 0.345. The van der Waals surface area contributed by atoms with Crippen LogP contribution in [0.3, 0.4) is 0 Å². The molecule has 0 radical (unpaired) electrons. The minimum Gasteiger partial charge on any atom is -0.481 e. The Hall–Kier alpha value is -4.31. The molecule has 0 unspecified atom stereocenters. The van der Waals surface area contributed by atoms with E-state index >= 15 is 0 Å². The van der Waals surface area contributed by atoms with E-state index in [0.717, 1.165) is 17.7 Å². The summed E-state index contributed by atoms with van der Waals surface area (Å²) in [7, 11) is 3.09. The van der Waals surface area contributed by atoms with E-state index in [2.05, 4.69) is 16.8 Å². The van der Waals surface area contributed by atoms with Crippen LogP contribution in [-0.2, 0) is 11.2 Å². The molecular formula is C26H18F2N2O3. The molecule has 4 rings (SSSR count). The molecule has 0 atom stereocenters. The van der Waals surface area contributed by atoms with Crippen LogP contribution >= 0.6 is 0 Å². The van der Waals surface area contributed by atoms with Crippen LogP contribution < -0.4 is 9.64 Å². The third-order valence-corrected chi connectivity index (χ3v) is 5.17. The van der Waals surface area contributed by atoms with E-state index in [-0.39, 0.29) is 11.1 Å². The number of aromatic nitrogens is 1. The summed E-state index contributed by atoms with van der Waals surface area (Å²) < 4.78 is 31.8. The maximum Gasteiger partial charge on any atom is 0.262 e. The summed E-state index contributed by atoms with van der Waals surface area (Å²) in [5.41, 5.74) is 2.37. The number of pyridine rings is 1. The van der Waals surface area contributed by atoms with Crippen molar-refractivity contribution in [3.63, 3.8) is 0 Å². The number of ether oxygens (including phenoxy) is 1. The molecule has 0 saturated carbocycles. The molecule has 1 amide bonds. The monoisotopic (exact) mass is 444 g/mol. The van der Waals surface area contributed by atoms with E-state index in [0.29, 0.717) is 29.1 Å². The fourth-order valence-corrected chi connectivity index (χ4v) is 3.40. The Morgan fingerprint density at radius 1 is 1.06 bits per heavy atom. The normalized spacial score (nSPS) is 14.1. The molecule has 0 fully saturated rings. The SMILES string of the molecule is COc1ccc(CC#Cc2ccc3c(c2)C(=O)/C(=C/c2ccc(F)c(F)c2)C(=O)N3C)cn1. The van der Waals surface area contributed by atoms with Gasteiger partial charge in [0.2, 0.25) is 11.7 Å². The molecule has 1 aliphatic rings. The van der Waals surface area contributed by atoms with Gasteiger partial charge in [-0.25, -0.2) is 13.8 Å². The van der Waals surface area contributed by atoms with Gasteiger partial charge in [-0.3, -0.25) is 9.59 Å². The summed E-state index contributed by atoms with van der Waals surface area (Å²) >= 11 is 0. The lowest BCUT2D eigenvalue weighted by molar-refractivity contribution is -0.114. The summed E-state index contributed by atoms with van der Waals surface area (Å²) in [6.45, 7) is 0. The number of carbonyl (C=O) groups is 2. The van der Waals surface area contributed by atoms with Crippen molar-refractivity contribution in [1.29, 1.82) is 0 Å². The summed E-state index contributed by atoms with van der Waals surface area (Å²) in [5.74, 6) is 3.50. The van der Waals surface area contributed by atoms with Crippen LogP contribution in [0, 0.1) is 23.5 Å². The second-order valence-corrected chi connectivity index (χ2v) is 7.34. The average molecular weight is 444 g/mol. The van der Waals surface area contributed by atoms with Crippen molar-refractivity contribution in [2.45, 2.75) is 6.42 Å². The van der Waals surface area contributed by atoms with Crippen molar-refractivity contribution in [1.82, 2.24) is 4.98 Å². The van der Waals surface area contributed by atoms with Crippen LogP contribution in [0.4, 0.5) is 14.5 Å². The minimum atomic E-state index is -1.06. The molecule has 0 saturated heterocycles. The molecule has 2 aromatic carbocycles. The number of carbonyl (C=O) groups excluding carboxylic acids is 2. The Labute approximate surface area is 189 Å². The van der Waals surface area contributed by atoms with Gasteiger partial charge in [0.05, 0.1) is 18.4 Å². The first-order valence-corrected chi connectivity index (χ1v) is 9.98. The fraction of sp³-hybridized carbons (Fsp3) is 0.115. The van der Waals surface area contributed by atoms with E-state index < -0.39 is 23.3 Å². The van der Waals surface area contributed by atoms with Crippen LogP contribution in [0.15, 0.2) is 60.3 Å². The van der Waals surface area contributed by atoms with E-state index in [1.807, 2.05) is 6.07 Å². The number of benzene rings is 2. The lowest BCUT2D eigenvalue weighted by atomic mass is 9.92. The highest BCUT2D eigenvalue weighted by Gasteiger charge is 2.32. The van der Waals surface area contributed by atoms with Gasteiger partial charge in [0.1, 0.15) is 0 Å². The summed E-state index contributed by atoms with van der Waals surface area (Å²) in [5, 5.41) is 0. The Balaban J connectivity index is 1.62. The number of hydrogen-bond donors (Lipinski definition) is 0. The number of hydrogen-bond acceptors (Lipinski definition) is 4.